The van der Waals surface area contributed by atoms with Crippen LogP contribution in [-0.4, -0.2) is 11.9 Å². The molecule has 1 saturated carbocycles. The molecule has 0 bridgehead atoms. The van der Waals surface area contributed by atoms with Gasteiger partial charge in [-0.15, -0.1) is 0 Å². The molecule has 1 aromatic carbocycles. The van der Waals surface area contributed by atoms with Gasteiger partial charge in [-0.05, 0) is 37.5 Å². The molecule has 16 heavy (non-hydrogen) atoms. The van der Waals surface area contributed by atoms with Gasteiger partial charge in [0.15, 0.2) is 0 Å². The predicted octanol–water partition coefficient (Wildman–Crippen LogP) is 3.32. The molecule has 0 unspecified atom stereocenters. The zero-order valence-electron chi connectivity index (χ0n) is 9.42. The Morgan fingerprint density at radius 1 is 1.38 bits per heavy atom. The fraction of sp³-hybridized carbons (Fsp3) is 0.462. The summed E-state index contributed by atoms with van der Waals surface area (Å²) in [7, 11) is 0. The monoisotopic (exact) mass is 237 g/mol. The zero-order chi connectivity index (χ0) is 11.5. The molecular weight excluding hydrogens is 222 g/mol. The third-order valence-corrected chi connectivity index (χ3v) is 3.37. The van der Waals surface area contributed by atoms with Gasteiger partial charge in [-0.2, -0.15) is 0 Å². The molecule has 1 fully saturated rings. The fourth-order valence-corrected chi connectivity index (χ4v) is 2.46. The van der Waals surface area contributed by atoms with Crippen LogP contribution in [0.25, 0.3) is 0 Å². The predicted molar refractivity (Wildman–Crippen MR) is 65.9 cm³/mol. The highest BCUT2D eigenvalue weighted by Crippen LogP contribution is 2.21. The first-order valence-corrected chi connectivity index (χ1v) is 6.11. The van der Waals surface area contributed by atoms with E-state index < -0.39 is 0 Å². The second-order valence-electron chi connectivity index (χ2n) is 4.44. The van der Waals surface area contributed by atoms with Crippen LogP contribution in [0.5, 0.6) is 0 Å². The van der Waals surface area contributed by atoms with Crippen LogP contribution >= 0.6 is 11.6 Å². The number of rotatable bonds is 2. The second-order valence-corrected chi connectivity index (χ2v) is 4.85. The van der Waals surface area contributed by atoms with Gasteiger partial charge in [0.2, 0.25) is 0 Å². The van der Waals surface area contributed by atoms with Crippen molar-refractivity contribution in [3.8, 4) is 0 Å². The third-order valence-electron chi connectivity index (χ3n) is 3.06. The van der Waals surface area contributed by atoms with E-state index >= 15 is 0 Å². The van der Waals surface area contributed by atoms with Crippen LogP contribution in [0.1, 0.15) is 41.6 Å². The molecule has 1 aromatic rings. The van der Waals surface area contributed by atoms with Crippen molar-refractivity contribution in [2.45, 2.75) is 38.6 Å². The maximum absolute atomic E-state index is 11.9. The number of hydrogen-bond acceptors (Lipinski definition) is 1. The summed E-state index contributed by atoms with van der Waals surface area (Å²) in [5.41, 5.74) is 1.65. The third kappa shape index (κ3) is 2.56. The Morgan fingerprint density at radius 3 is 2.69 bits per heavy atom. The summed E-state index contributed by atoms with van der Waals surface area (Å²) >= 11 is 6.05. The summed E-state index contributed by atoms with van der Waals surface area (Å²) in [6.45, 7) is 1.96. The molecule has 0 heterocycles. The lowest BCUT2D eigenvalue weighted by Crippen LogP contribution is -2.32. The van der Waals surface area contributed by atoms with Crippen LogP contribution in [0, 0.1) is 6.92 Å². The normalized spacial score (nSPS) is 16.4. The van der Waals surface area contributed by atoms with Crippen LogP contribution in [0.3, 0.4) is 0 Å². The summed E-state index contributed by atoms with van der Waals surface area (Å²) in [6.07, 6.45) is 4.61. The van der Waals surface area contributed by atoms with Gasteiger partial charge in [0.1, 0.15) is 0 Å². The Balaban J connectivity index is 2.08. The largest absolute Gasteiger partial charge is 0.349 e. The highest BCUT2D eigenvalue weighted by Gasteiger charge is 2.19. The van der Waals surface area contributed by atoms with Crippen LogP contribution in [0.15, 0.2) is 18.2 Å². The molecular formula is C13H16ClNO. The number of carbonyl (C=O) groups excluding carboxylic acids is 1. The average Bonchev–Trinajstić information content (AvgIpc) is 2.70. The van der Waals surface area contributed by atoms with E-state index in [0.29, 0.717) is 16.6 Å². The highest BCUT2D eigenvalue weighted by atomic mass is 35.5. The standard InChI is InChI=1S/C13H16ClNO/c1-9-6-7-11(12(14)8-9)13(16)15-10-4-2-3-5-10/h6-8,10H,2-5H2,1H3,(H,15,16). The van der Waals surface area contributed by atoms with E-state index in [1.54, 1.807) is 6.07 Å². The first kappa shape index (κ1) is 11.5. The zero-order valence-corrected chi connectivity index (χ0v) is 10.2. The van der Waals surface area contributed by atoms with Crippen molar-refractivity contribution in [1.82, 2.24) is 5.32 Å². The van der Waals surface area contributed by atoms with E-state index in [0.717, 1.165) is 18.4 Å². The smallest absolute Gasteiger partial charge is 0.253 e. The maximum atomic E-state index is 11.9. The van der Waals surface area contributed by atoms with Gasteiger partial charge < -0.3 is 5.32 Å². The molecule has 0 aromatic heterocycles. The summed E-state index contributed by atoms with van der Waals surface area (Å²) in [6, 6.07) is 5.87. The molecule has 0 spiro atoms. The Hall–Kier alpha value is -1.02. The molecule has 1 amide bonds. The molecule has 1 aliphatic carbocycles. The average molecular weight is 238 g/mol. The van der Waals surface area contributed by atoms with Crippen LogP contribution in [0.4, 0.5) is 0 Å². The lowest BCUT2D eigenvalue weighted by molar-refractivity contribution is 0.0938. The summed E-state index contributed by atoms with van der Waals surface area (Å²) in [5.74, 6) is -0.0445. The number of hydrogen-bond donors (Lipinski definition) is 1. The van der Waals surface area contributed by atoms with Crippen molar-refractivity contribution in [3.05, 3.63) is 34.3 Å². The minimum atomic E-state index is -0.0445. The van der Waals surface area contributed by atoms with Gasteiger partial charge in [-0.25, -0.2) is 0 Å². The Morgan fingerprint density at radius 2 is 2.06 bits per heavy atom. The Bertz CT molecular complexity index is 397. The van der Waals surface area contributed by atoms with Gasteiger partial charge >= 0.3 is 0 Å². The lowest BCUT2D eigenvalue weighted by atomic mass is 10.1. The SMILES string of the molecule is Cc1ccc(C(=O)NC2CCCC2)c(Cl)c1. The first-order valence-electron chi connectivity index (χ1n) is 5.74. The van der Waals surface area contributed by atoms with E-state index in [1.807, 2.05) is 19.1 Å². The van der Waals surface area contributed by atoms with Gasteiger partial charge in [0.25, 0.3) is 5.91 Å². The minimum Gasteiger partial charge on any atom is -0.349 e. The first-order chi connectivity index (χ1) is 7.66. The van der Waals surface area contributed by atoms with Crippen molar-refractivity contribution in [3.63, 3.8) is 0 Å². The molecule has 0 atom stereocenters. The molecule has 0 saturated heterocycles. The number of aryl methyl sites for hydroxylation is 1. The maximum Gasteiger partial charge on any atom is 0.253 e. The van der Waals surface area contributed by atoms with Gasteiger partial charge in [0, 0.05) is 6.04 Å². The molecule has 0 aliphatic heterocycles. The summed E-state index contributed by atoms with van der Waals surface area (Å²) in [5, 5.41) is 3.57. The van der Waals surface area contributed by atoms with E-state index in [2.05, 4.69) is 5.32 Å². The summed E-state index contributed by atoms with van der Waals surface area (Å²) < 4.78 is 0. The summed E-state index contributed by atoms with van der Waals surface area (Å²) in [4.78, 5) is 11.9. The van der Waals surface area contributed by atoms with Crippen molar-refractivity contribution in [2.24, 2.45) is 0 Å². The van der Waals surface area contributed by atoms with Gasteiger partial charge in [-0.3, -0.25) is 4.79 Å². The molecule has 1 aliphatic rings. The number of nitrogens with one attached hydrogen (secondary N) is 1. The molecule has 3 heteroatoms. The Labute approximate surface area is 101 Å². The number of amides is 1. The number of carbonyl (C=O) groups is 1. The minimum absolute atomic E-state index is 0.0445. The highest BCUT2D eigenvalue weighted by molar-refractivity contribution is 6.33. The Kier molecular flexibility index (Phi) is 3.49. The van der Waals surface area contributed by atoms with Crippen molar-refractivity contribution in [2.75, 3.05) is 0 Å². The molecule has 0 radical (unpaired) electrons. The van der Waals surface area contributed by atoms with Crippen molar-refractivity contribution in [1.29, 1.82) is 0 Å². The van der Waals surface area contributed by atoms with E-state index in [-0.39, 0.29) is 5.91 Å². The number of halogens is 1. The van der Waals surface area contributed by atoms with Gasteiger partial charge in [0.05, 0.1) is 10.6 Å². The molecule has 2 rings (SSSR count). The topological polar surface area (TPSA) is 29.1 Å². The molecule has 1 N–H and O–H groups in total. The van der Waals surface area contributed by atoms with Crippen LogP contribution in [0.2, 0.25) is 5.02 Å². The lowest BCUT2D eigenvalue weighted by Gasteiger charge is -2.12. The molecule has 2 nitrogen and oxygen atoms in total. The van der Waals surface area contributed by atoms with E-state index in [1.165, 1.54) is 12.8 Å². The molecule has 86 valence electrons. The second kappa shape index (κ2) is 4.88. The van der Waals surface area contributed by atoms with Gasteiger partial charge in [-0.1, -0.05) is 30.5 Å². The van der Waals surface area contributed by atoms with Crippen LogP contribution in [-0.2, 0) is 0 Å². The fourth-order valence-electron chi connectivity index (χ4n) is 2.14. The quantitative estimate of drug-likeness (QED) is 0.840. The number of benzene rings is 1. The van der Waals surface area contributed by atoms with Crippen molar-refractivity contribution >= 4 is 17.5 Å². The van der Waals surface area contributed by atoms with E-state index in [9.17, 15) is 4.79 Å². The van der Waals surface area contributed by atoms with Crippen LogP contribution < -0.4 is 5.32 Å². The van der Waals surface area contributed by atoms with E-state index in [4.69, 9.17) is 11.6 Å². The van der Waals surface area contributed by atoms with Crippen molar-refractivity contribution < 1.29 is 4.79 Å².